The van der Waals surface area contributed by atoms with Gasteiger partial charge in [-0.3, -0.25) is 0 Å². The second-order valence-corrected chi connectivity index (χ2v) is 2.83. The Bertz CT molecular complexity index is 256. The molecule has 0 radical (unpaired) electrons. The lowest BCUT2D eigenvalue weighted by Crippen LogP contribution is -2.06. The van der Waals surface area contributed by atoms with Crippen LogP contribution < -0.4 is 5.73 Å². The molecule has 0 amide bonds. The zero-order valence-electron chi connectivity index (χ0n) is 6.83. The molecule has 0 spiro atoms. The molecule has 1 atom stereocenters. The van der Waals surface area contributed by atoms with Crippen LogP contribution in [0.2, 0.25) is 0 Å². The van der Waals surface area contributed by atoms with Crippen molar-refractivity contribution in [3.8, 4) is 5.75 Å². The molecule has 1 aromatic rings. The molecule has 0 fully saturated rings. The standard InChI is InChI=1S/C9H13NO/c1-6-5-8(11)3-4-9(6)7(2)10/h3-5,7,11H,10H2,1-2H3. The van der Waals surface area contributed by atoms with Crippen LogP contribution in [0.5, 0.6) is 5.75 Å². The number of nitrogens with two attached hydrogens (primary N) is 1. The zero-order chi connectivity index (χ0) is 8.43. The Kier molecular flexibility index (Phi) is 2.15. The van der Waals surface area contributed by atoms with Crippen LogP contribution in [0.1, 0.15) is 24.1 Å². The lowest BCUT2D eigenvalue weighted by molar-refractivity contribution is 0.474. The van der Waals surface area contributed by atoms with E-state index in [2.05, 4.69) is 0 Å². The third kappa shape index (κ3) is 1.71. The number of hydrogen-bond acceptors (Lipinski definition) is 2. The Morgan fingerprint density at radius 3 is 2.55 bits per heavy atom. The van der Waals surface area contributed by atoms with E-state index in [1.54, 1.807) is 12.1 Å². The van der Waals surface area contributed by atoms with Crippen molar-refractivity contribution in [2.75, 3.05) is 0 Å². The minimum Gasteiger partial charge on any atom is -0.508 e. The van der Waals surface area contributed by atoms with Gasteiger partial charge in [-0.2, -0.15) is 0 Å². The van der Waals surface area contributed by atoms with Crippen molar-refractivity contribution in [3.63, 3.8) is 0 Å². The van der Waals surface area contributed by atoms with Gasteiger partial charge in [0.1, 0.15) is 5.75 Å². The number of benzene rings is 1. The summed E-state index contributed by atoms with van der Waals surface area (Å²) in [7, 11) is 0. The third-order valence-corrected chi connectivity index (χ3v) is 1.74. The minimum absolute atomic E-state index is 0.0376. The highest BCUT2D eigenvalue weighted by Gasteiger charge is 2.02. The van der Waals surface area contributed by atoms with E-state index in [4.69, 9.17) is 10.8 Å². The van der Waals surface area contributed by atoms with E-state index in [1.165, 1.54) is 0 Å². The first-order valence-electron chi connectivity index (χ1n) is 3.66. The van der Waals surface area contributed by atoms with E-state index in [-0.39, 0.29) is 6.04 Å². The van der Waals surface area contributed by atoms with Gasteiger partial charge in [-0.15, -0.1) is 0 Å². The first-order chi connectivity index (χ1) is 5.11. The van der Waals surface area contributed by atoms with Gasteiger partial charge in [0.2, 0.25) is 0 Å². The average Bonchev–Trinajstić information content (AvgIpc) is 1.85. The Hall–Kier alpha value is -1.02. The summed E-state index contributed by atoms with van der Waals surface area (Å²) >= 11 is 0. The molecule has 3 N–H and O–H groups in total. The zero-order valence-corrected chi connectivity index (χ0v) is 6.83. The van der Waals surface area contributed by atoms with Crippen molar-refractivity contribution in [2.24, 2.45) is 5.73 Å². The molecule has 2 nitrogen and oxygen atoms in total. The highest BCUT2D eigenvalue weighted by Crippen LogP contribution is 2.19. The second kappa shape index (κ2) is 2.93. The molecule has 0 heterocycles. The number of aryl methyl sites for hydroxylation is 1. The van der Waals surface area contributed by atoms with Gasteiger partial charge in [0.05, 0.1) is 0 Å². The summed E-state index contributed by atoms with van der Waals surface area (Å²) in [5.41, 5.74) is 7.81. The van der Waals surface area contributed by atoms with E-state index in [1.807, 2.05) is 19.9 Å². The lowest BCUT2D eigenvalue weighted by atomic mass is 10.0. The Balaban J connectivity index is 3.09. The fourth-order valence-electron chi connectivity index (χ4n) is 1.17. The molecule has 0 saturated heterocycles. The summed E-state index contributed by atoms with van der Waals surface area (Å²) in [6, 6.07) is 5.27. The molecule has 60 valence electrons. The first-order valence-corrected chi connectivity index (χ1v) is 3.66. The topological polar surface area (TPSA) is 46.2 Å². The van der Waals surface area contributed by atoms with Crippen LogP contribution in [-0.2, 0) is 0 Å². The molecule has 0 aliphatic rings. The number of phenols is 1. The minimum atomic E-state index is 0.0376. The van der Waals surface area contributed by atoms with Gasteiger partial charge in [-0.05, 0) is 37.1 Å². The van der Waals surface area contributed by atoms with Gasteiger partial charge in [-0.25, -0.2) is 0 Å². The Morgan fingerprint density at radius 2 is 2.09 bits per heavy atom. The van der Waals surface area contributed by atoms with Crippen LogP contribution in [0, 0.1) is 6.92 Å². The van der Waals surface area contributed by atoms with E-state index in [0.717, 1.165) is 11.1 Å². The normalized spacial score (nSPS) is 13.0. The highest BCUT2D eigenvalue weighted by atomic mass is 16.3. The van der Waals surface area contributed by atoms with Gasteiger partial charge in [0.25, 0.3) is 0 Å². The van der Waals surface area contributed by atoms with Crippen molar-refractivity contribution in [1.82, 2.24) is 0 Å². The molecular formula is C9H13NO. The van der Waals surface area contributed by atoms with Crippen LogP contribution in [0.15, 0.2) is 18.2 Å². The largest absolute Gasteiger partial charge is 0.508 e. The fourth-order valence-corrected chi connectivity index (χ4v) is 1.17. The van der Waals surface area contributed by atoms with Gasteiger partial charge in [0.15, 0.2) is 0 Å². The second-order valence-electron chi connectivity index (χ2n) is 2.83. The molecule has 11 heavy (non-hydrogen) atoms. The lowest BCUT2D eigenvalue weighted by Gasteiger charge is -2.08. The molecule has 2 heteroatoms. The molecule has 1 aromatic carbocycles. The third-order valence-electron chi connectivity index (χ3n) is 1.74. The molecule has 0 saturated carbocycles. The van der Waals surface area contributed by atoms with Crippen molar-refractivity contribution in [3.05, 3.63) is 29.3 Å². The van der Waals surface area contributed by atoms with E-state index in [9.17, 15) is 0 Å². The summed E-state index contributed by atoms with van der Waals surface area (Å²) in [6.45, 7) is 3.87. The Labute approximate surface area is 66.7 Å². The number of aromatic hydroxyl groups is 1. The van der Waals surface area contributed by atoms with E-state index < -0.39 is 0 Å². The van der Waals surface area contributed by atoms with Crippen LogP contribution in [0.25, 0.3) is 0 Å². The maximum Gasteiger partial charge on any atom is 0.115 e. The molecule has 0 bridgehead atoms. The highest BCUT2D eigenvalue weighted by molar-refractivity contribution is 5.35. The Morgan fingerprint density at radius 1 is 1.45 bits per heavy atom. The summed E-state index contributed by atoms with van der Waals surface area (Å²) in [6.07, 6.45) is 0. The molecule has 0 aromatic heterocycles. The summed E-state index contributed by atoms with van der Waals surface area (Å²) in [5, 5.41) is 9.08. The molecular weight excluding hydrogens is 138 g/mol. The number of hydrogen-bond donors (Lipinski definition) is 2. The SMILES string of the molecule is Cc1cc(O)ccc1C(C)N. The predicted molar refractivity (Wildman–Crippen MR) is 45.4 cm³/mol. The molecule has 0 aliphatic carbocycles. The van der Waals surface area contributed by atoms with Crippen molar-refractivity contribution in [2.45, 2.75) is 19.9 Å². The molecule has 1 unspecified atom stereocenters. The van der Waals surface area contributed by atoms with Crippen molar-refractivity contribution in [1.29, 1.82) is 0 Å². The van der Waals surface area contributed by atoms with E-state index >= 15 is 0 Å². The summed E-state index contributed by atoms with van der Waals surface area (Å²) in [5.74, 6) is 0.298. The van der Waals surface area contributed by atoms with E-state index in [0.29, 0.717) is 5.75 Å². The van der Waals surface area contributed by atoms with Crippen LogP contribution in [-0.4, -0.2) is 5.11 Å². The number of rotatable bonds is 1. The maximum absolute atomic E-state index is 9.08. The van der Waals surface area contributed by atoms with Crippen molar-refractivity contribution < 1.29 is 5.11 Å². The quantitative estimate of drug-likeness (QED) is 0.642. The fraction of sp³-hybridized carbons (Fsp3) is 0.333. The van der Waals surface area contributed by atoms with Crippen molar-refractivity contribution >= 4 is 0 Å². The predicted octanol–water partition coefficient (Wildman–Crippen LogP) is 1.72. The monoisotopic (exact) mass is 151 g/mol. The van der Waals surface area contributed by atoms with Crippen LogP contribution in [0.3, 0.4) is 0 Å². The van der Waals surface area contributed by atoms with Crippen LogP contribution in [0.4, 0.5) is 0 Å². The van der Waals surface area contributed by atoms with Gasteiger partial charge < -0.3 is 10.8 Å². The summed E-state index contributed by atoms with van der Waals surface area (Å²) < 4.78 is 0. The van der Waals surface area contributed by atoms with Gasteiger partial charge in [0, 0.05) is 6.04 Å². The average molecular weight is 151 g/mol. The number of phenolic OH excluding ortho intramolecular Hbond substituents is 1. The van der Waals surface area contributed by atoms with Gasteiger partial charge in [-0.1, -0.05) is 6.07 Å². The summed E-state index contributed by atoms with van der Waals surface area (Å²) in [4.78, 5) is 0. The maximum atomic E-state index is 9.08. The van der Waals surface area contributed by atoms with Crippen LogP contribution >= 0.6 is 0 Å². The van der Waals surface area contributed by atoms with Gasteiger partial charge >= 0.3 is 0 Å². The first kappa shape index (κ1) is 8.08. The molecule has 1 rings (SSSR count). The smallest absolute Gasteiger partial charge is 0.115 e. The molecule has 0 aliphatic heterocycles.